The zero-order chi connectivity index (χ0) is 13.9. The van der Waals surface area contributed by atoms with Crippen molar-refractivity contribution in [2.75, 3.05) is 5.73 Å². The molecule has 0 amide bonds. The van der Waals surface area contributed by atoms with Gasteiger partial charge in [-0.25, -0.2) is 4.98 Å². The first kappa shape index (κ1) is 16.1. The summed E-state index contributed by atoms with van der Waals surface area (Å²) in [5, 5.41) is 3.19. The molecule has 2 aromatic carbocycles. The maximum Gasteiger partial charge on any atom is 0.180 e. The molecule has 0 aliphatic heterocycles. The van der Waals surface area contributed by atoms with Crippen molar-refractivity contribution in [3.8, 4) is 22.8 Å². The van der Waals surface area contributed by atoms with Crippen LogP contribution in [-0.4, -0.2) is 4.98 Å². The summed E-state index contributed by atoms with van der Waals surface area (Å²) in [5.41, 5.74) is 7.53. The first-order valence-electron chi connectivity index (χ1n) is 5.95. The monoisotopic (exact) mass is 430 g/mol. The molecule has 108 valence electrons. The highest BCUT2D eigenvalue weighted by molar-refractivity contribution is 14.0. The molecule has 0 saturated carbocycles. The number of nitrogens with zero attached hydrogens (tertiary/aromatic N) is 1. The Morgan fingerprint density at radius 2 is 1.52 bits per heavy atom. The Bertz CT molecular complexity index is 713. The molecule has 2 N–H and O–H groups in total. The SMILES string of the molecule is I.Nc1nc(-c2ccc(Oc3ccc(Cl)cc3)cc2)cs1. The number of rotatable bonds is 3. The van der Waals surface area contributed by atoms with Gasteiger partial charge in [0.25, 0.3) is 0 Å². The van der Waals surface area contributed by atoms with E-state index in [0.717, 1.165) is 22.8 Å². The highest BCUT2D eigenvalue weighted by atomic mass is 127. The third-order valence-corrected chi connectivity index (χ3v) is 3.65. The topological polar surface area (TPSA) is 48.1 Å². The second kappa shape index (κ2) is 7.11. The Balaban J connectivity index is 0.00000161. The third-order valence-electron chi connectivity index (χ3n) is 2.72. The van der Waals surface area contributed by atoms with Crippen molar-refractivity contribution in [1.29, 1.82) is 0 Å². The maximum atomic E-state index is 5.83. The summed E-state index contributed by atoms with van der Waals surface area (Å²) in [4.78, 5) is 4.25. The van der Waals surface area contributed by atoms with E-state index in [1.807, 2.05) is 41.8 Å². The standard InChI is InChI=1S/C15H11ClN2OS.HI/c16-11-3-7-13(8-4-11)19-12-5-1-10(2-6-12)14-9-20-15(17)18-14;/h1-9H,(H2,17,18);1H. The Morgan fingerprint density at radius 1 is 0.952 bits per heavy atom. The summed E-state index contributed by atoms with van der Waals surface area (Å²) >= 11 is 7.26. The summed E-state index contributed by atoms with van der Waals surface area (Å²) < 4.78 is 5.73. The van der Waals surface area contributed by atoms with E-state index >= 15 is 0 Å². The predicted molar refractivity (Wildman–Crippen MR) is 98.9 cm³/mol. The fourth-order valence-electron chi connectivity index (χ4n) is 1.75. The van der Waals surface area contributed by atoms with Crippen LogP contribution in [0.4, 0.5) is 5.13 Å². The number of hydrogen-bond acceptors (Lipinski definition) is 4. The number of aromatic nitrogens is 1. The fraction of sp³-hybridized carbons (Fsp3) is 0. The summed E-state index contributed by atoms with van der Waals surface area (Å²) in [6.45, 7) is 0. The van der Waals surface area contributed by atoms with Crippen LogP contribution in [0, 0.1) is 0 Å². The van der Waals surface area contributed by atoms with Gasteiger partial charge in [0.2, 0.25) is 0 Å². The highest BCUT2D eigenvalue weighted by Crippen LogP contribution is 2.27. The largest absolute Gasteiger partial charge is 0.457 e. The lowest BCUT2D eigenvalue weighted by Crippen LogP contribution is -1.85. The van der Waals surface area contributed by atoms with E-state index in [0.29, 0.717) is 10.2 Å². The highest BCUT2D eigenvalue weighted by Gasteiger charge is 2.03. The van der Waals surface area contributed by atoms with Crippen molar-refractivity contribution in [3.63, 3.8) is 0 Å². The normalized spacial score (nSPS) is 9.95. The van der Waals surface area contributed by atoms with E-state index in [-0.39, 0.29) is 24.0 Å². The predicted octanol–water partition coefficient (Wildman–Crippen LogP) is 5.46. The molecule has 1 heterocycles. The van der Waals surface area contributed by atoms with E-state index in [9.17, 15) is 0 Å². The van der Waals surface area contributed by atoms with E-state index in [1.165, 1.54) is 11.3 Å². The van der Waals surface area contributed by atoms with Gasteiger partial charge in [-0.2, -0.15) is 0 Å². The molecule has 0 saturated heterocycles. The van der Waals surface area contributed by atoms with Gasteiger partial charge in [-0.1, -0.05) is 11.6 Å². The lowest BCUT2D eigenvalue weighted by atomic mass is 10.2. The van der Waals surface area contributed by atoms with Gasteiger partial charge in [-0.15, -0.1) is 35.3 Å². The molecule has 0 aliphatic carbocycles. The number of nitrogen functional groups attached to an aromatic ring is 1. The van der Waals surface area contributed by atoms with E-state index in [4.69, 9.17) is 22.1 Å². The zero-order valence-electron chi connectivity index (χ0n) is 10.8. The van der Waals surface area contributed by atoms with Crippen molar-refractivity contribution in [2.24, 2.45) is 0 Å². The molecule has 0 unspecified atom stereocenters. The van der Waals surface area contributed by atoms with Gasteiger partial charge in [0.1, 0.15) is 11.5 Å². The molecule has 0 aliphatic rings. The van der Waals surface area contributed by atoms with Crippen molar-refractivity contribution in [2.45, 2.75) is 0 Å². The fourth-order valence-corrected chi connectivity index (χ4v) is 2.45. The van der Waals surface area contributed by atoms with E-state index in [1.54, 1.807) is 12.1 Å². The summed E-state index contributed by atoms with van der Waals surface area (Å²) in [6, 6.07) is 15.0. The molecule has 0 spiro atoms. The minimum atomic E-state index is 0. The lowest BCUT2D eigenvalue weighted by Gasteiger charge is -2.06. The second-order valence-corrected chi connectivity index (χ2v) is 5.48. The minimum absolute atomic E-state index is 0. The Morgan fingerprint density at radius 3 is 2.05 bits per heavy atom. The maximum absolute atomic E-state index is 5.83. The van der Waals surface area contributed by atoms with Gasteiger partial charge in [0.15, 0.2) is 5.13 Å². The van der Waals surface area contributed by atoms with Gasteiger partial charge in [-0.3, -0.25) is 0 Å². The molecular weight excluding hydrogens is 419 g/mol. The van der Waals surface area contributed by atoms with Crippen LogP contribution in [0.5, 0.6) is 11.5 Å². The number of halogens is 2. The number of nitrogens with two attached hydrogens (primary N) is 1. The summed E-state index contributed by atoms with van der Waals surface area (Å²) in [5.74, 6) is 1.51. The molecule has 0 fully saturated rings. The molecule has 3 aromatic rings. The quantitative estimate of drug-likeness (QED) is 0.562. The van der Waals surface area contributed by atoms with Crippen molar-refractivity contribution in [1.82, 2.24) is 4.98 Å². The minimum Gasteiger partial charge on any atom is -0.457 e. The Hall–Kier alpha value is -1.31. The van der Waals surface area contributed by atoms with Crippen LogP contribution in [0.1, 0.15) is 0 Å². The number of anilines is 1. The lowest BCUT2D eigenvalue weighted by molar-refractivity contribution is 0.483. The summed E-state index contributed by atoms with van der Waals surface area (Å²) in [6.07, 6.45) is 0. The number of thiazole rings is 1. The average molecular weight is 431 g/mol. The van der Waals surface area contributed by atoms with Crippen LogP contribution in [0.3, 0.4) is 0 Å². The van der Waals surface area contributed by atoms with Gasteiger partial charge in [-0.05, 0) is 48.5 Å². The van der Waals surface area contributed by atoms with Crippen LogP contribution in [0.2, 0.25) is 5.02 Å². The van der Waals surface area contributed by atoms with Crippen LogP contribution in [0.25, 0.3) is 11.3 Å². The summed E-state index contributed by atoms with van der Waals surface area (Å²) in [7, 11) is 0. The number of ether oxygens (including phenoxy) is 1. The first-order chi connectivity index (χ1) is 9.70. The van der Waals surface area contributed by atoms with E-state index in [2.05, 4.69) is 4.98 Å². The molecule has 3 rings (SSSR count). The van der Waals surface area contributed by atoms with Crippen molar-refractivity contribution >= 4 is 52.0 Å². The molecule has 6 heteroatoms. The molecule has 21 heavy (non-hydrogen) atoms. The Labute approximate surface area is 148 Å². The van der Waals surface area contributed by atoms with Crippen molar-refractivity contribution in [3.05, 3.63) is 58.9 Å². The Kier molecular flexibility index (Phi) is 5.44. The number of hydrogen-bond donors (Lipinski definition) is 1. The van der Waals surface area contributed by atoms with Crippen LogP contribution in [-0.2, 0) is 0 Å². The third kappa shape index (κ3) is 4.09. The molecule has 3 nitrogen and oxygen atoms in total. The molecule has 0 atom stereocenters. The van der Waals surface area contributed by atoms with Gasteiger partial charge in [0, 0.05) is 16.0 Å². The number of benzene rings is 2. The molecule has 0 radical (unpaired) electrons. The smallest absolute Gasteiger partial charge is 0.180 e. The van der Waals surface area contributed by atoms with Crippen LogP contribution in [0.15, 0.2) is 53.9 Å². The van der Waals surface area contributed by atoms with E-state index < -0.39 is 0 Å². The zero-order valence-corrected chi connectivity index (χ0v) is 14.7. The van der Waals surface area contributed by atoms with Crippen molar-refractivity contribution < 1.29 is 4.74 Å². The van der Waals surface area contributed by atoms with Crippen LogP contribution >= 0.6 is 46.9 Å². The molecule has 1 aromatic heterocycles. The van der Waals surface area contributed by atoms with Crippen LogP contribution < -0.4 is 10.5 Å². The molecule has 0 bridgehead atoms. The first-order valence-corrected chi connectivity index (χ1v) is 7.21. The van der Waals surface area contributed by atoms with Gasteiger partial charge < -0.3 is 10.5 Å². The van der Waals surface area contributed by atoms with Gasteiger partial charge in [0.05, 0.1) is 5.69 Å². The average Bonchev–Trinajstić information content (AvgIpc) is 2.89. The molecular formula is C15H12ClIN2OS. The second-order valence-electron chi connectivity index (χ2n) is 4.15. The van der Waals surface area contributed by atoms with Gasteiger partial charge >= 0.3 is 0 Å².